The van der Waals surface area contributed by atoms with E-state index in [-0.39, 0.29) is 5.75 Å². The van der Waals surface area contributed by atoms with Crippen LogP contribution in [-0.2, 0) is 6.42 Å². The molecule has 2 rings (SSSR count). The molecule has 1 aromatic heterocycles. The summed E-state index contributed by atoms with van der Waals surface area (Å²) < 4.78 is 18.4. The van der Waals surface area contributed by atoms with Crippen LogP contribution in [0.4, 0.5) is 9.39 Å². The molecule has 2 aromatic rings. The molecule has 0 aliphatic heterocycles. The first-order chi connectivity index (χ1) is 8.15. The van der Waals surface area contributed by atoms with E-state index in [0.717, 1.165) is 11.4 Å². The molecule has 0 amide bonds. The minimum absolute atomic E-state index is 0.221. The highest BCUT2D eigenvalue weighted by Crippen LogP contribution is 2.32. The van der Waals surface area contributed by atoms with Crippen LogP contribution in [0.5, 0.6) is 5.75 Å². The number of anilines is 1. The van der Waals surface area contributed by atoms with Crippen molar-refractivity contribution in [3.05, 3.63) is 29.0 Å². The number of ether oxygens (including phenoxy) is 1. The monoisotopic (exact) mass is 252 g/mol. The fourth-order valence-corrected chi connectivity index (χ4v) is 2.34. The smallest absolute Gasteiger partial charge is 0.165 e. The Kier molecular flexibility index (Phi) is 3.28. The molecule has 0 atom stereocenters. The molecule has 1 heterocycles. The normalized spacial score (nSPS) is 10.5. The lowest BCUT2D eigenvalue weighted by Gasteiger charge is -2.03. The molecule has 17 heavy (non-hydrogen) atoms. The molecule has 0 saturated heterocycles. The number of thiazole rings is 1. The summed E-state index contributed by atoms with van der Waals surface area (Å²) in [6, 6.07) is 4.73. The molecule has 1 aromatic carbocycles. The quantitative estimate of drug-likeness (QED) is 0.913. The SMILES string of the molecule is CCc1nc(-c2ccc(OC)c(F)c2)c(N)s1. The fourth-order valence-electron chi connectivity index (χ4n) is 1.55. The van der Waals surface area contributed by atoms with E-state index in [1.807, 2.05) is 6.92 Å². The largest absolute Gasteiger partial charge is 0.494 e. The van der Waals surface area contributed by atoms with Gasteiger partial charge in [0.15, 0.2) is 11.6 Å². The fraction of sp³-hybridized carbons (Fsp3) is 0.250. The van der Waals surface area contributed by atoms with Crippen molar-refractivity contribution in [1.29, 1.82) is 0 Å². The molecule has 0 unspecified atom stereocenters. The molecule has 0 spiro atoms. The zero-order chi connectivity index (χ0) is 12.4. The summed E-state index contributed by atoms with van der Waals surface area (Å²) in [6.07, 6.45) is 0.827. The maximum Gasteiger partial charge on any atom is 0.165 e. The summed E-state index contributed by atoms with van der Waals surface area (Å²) in [4.78, 5) is 4.38. The van der Waals surface area contributed by atoms with Crippen LogP contribution >= 0.6 is 11.3 Å². The van der Waals surface area contributed by atoms with Crippen molar-refractivity contribution in [2.75, 3.05) is 12.8 Å². The number of halogens is 1. The summed E-state index contributed by atoms with van der Waals surface area (Å²) in [5, 5.41) is 1.57. The van der Waals surface area contributed by atoms with Gasteiger partial charge in [-0.1, -0.05) is 6.92 Å². The van der Waals surface area contributed by atoms with Crippen molar-refractivity contribution in [1.82, 2.24) is 4.98 Å². The highest BCUT2D eigenvalue weighted by atomic mass is 32.1. The summed E-state index contributed by atoms with van der Waals surface area (Å²) in [7, 11) is 1.43. The number of nitrogens with two attached hydrogens (primary N) is 1. The molecule has 0 fully saturated rings. The van der Waals surface area contributed by atoms with Crippen molar-refractivity contribution in [3.8, 4) is 17.0 Å². The van der Waals surface area contributed by atoms with Crippen LogP contribution in [0.1, 0.15) is 11.9 Å². The van der Waals surface area contributed by atoms with Crippen LogP contribution in [0.2, 0.25) is 0 Å². The van der Waals surface area contributed by atoms with Crippen molar-refractivity contribution < 1.29 is 9.13 Å². The molecule has 0 saturated carbocycles. The predicted octanol–water partition coefficient (Wildman–Crippen LogP) is 3.10. The number of hydrogen-bond donors (Lipinski definition) is 1. The van der Waals surface area contributed by atoms with Crippen LogP contribution in [0.15, 0.2) is 18.2 Å². The van der Waals surface area contributed by atoms with E-state index < -0.39 is 5.82 Å². The number of benzene rings is 1. The first-order valence-corrected chi connectivity index (χ1v) is 6.06. The van der Waals surface area contributed by atoms with Gasteiger partial charge in [0.1, 0.15) is 10.7 Å². The highest BCUT2D eigenvalue weighted by molar-refractivity contribution is 7.16. The zero-order valence-corrected chi connectivity index (χ0v) is 10.5. The molecule has 3 nitrogen and oxygen atoms in total. The van der Waals surface area contributed by atoms with Gasteiger partial charge in [-0.15, -0.1) is 11.3 Å². The first-order valence-electron chi connectivity index (χ1n) is 5.24. The van der Waals surface area contributed by atoms with Gasteiger partial charge in [-0.2, -0.15) is 0 Å². The summed E-state index contributed by atoms with van der Waals surface area (Å²) >= 11 is 1.44. The van der Waals surface area contributed by atoms with E-state index in [2.05, 4.69) is 4.98 Å². The number of methoxy groups -OCH3 is 1. The van der Waals surface area contributed by atoms with Gasteiger partial charge >= 0.3 is 0 Å². The maximum atomic E-state index is 13.6. The lowest BCUT2D eigenvalue weighted by Crippen LogP contribution is -1.91. The van der Waals surface area contributed by atoms with Crippen molar-refractivity contribution in [2.24, 2.45) is 0 Å². The van der Waals surface area contributed by atoms with E-state index in [1.54, 1.807) is 12.1 Å². The van der Waals surface area contributed by atoms with E-state index in [1.165, 1.54) is 24.5 Å². The lowest BCUT2D eigenvalue weighted by atomic mass is 10.1. The van der Waals surface area contributed by atoms with Gasteiger partial charge in [0, 0.05) is 5.56 Å². The third kappa shape index (κ3) is 2.24. The van der Waals surface area contributed by atoms with Gasteiger partial charge in [0.2, 0.25) is 0 Å². The predicted molar refractivity (Wildman–Crippen MR) is 67.9 cm³/mol. The van der Waals surface area contributed by atoms with Crippen LogP contribution in [0.25, 0.3) is 11.3 Å². The number of aryl methyl sites for hydroxylation is 1. The molecular weight excluding hydrogens is 239 g/mol. The number of rotatable bonds is 3. The lowest BCUT2D eigenvalue weighted by molar-refractivity contribution is 0.386. The Balaban J connectivity index is 2.45. The third-order valence-electron chi connectivity index (χ3n) is 2.43. The minimum atomic E-state index is -0.407. The van der Waals surface area contributed by atoms with Gasteiger partial charge in [0.05, 0.1) is 12.1 Å². The Morgan fingerprint density at radius 2 is 2.24 bits per heavy atom. The summed E-state index contributed by atoms with van der Waals surface area (Å²) in [6.45, 7) is 2.01. The second-order valence-corrected chi connectivity index (χ2v) is 4.64. The average Bonchev–Trinajstić information content (AvgIpc) is 2.70. The highest BCUT2D eigenvalue weighted by Gasteiger charge is 2.12. The molecule has 2 N–H and O–H groups in total. The minimum Gasteiger partial charge on any atom is -0.494 e. The molecule has 0 aliphatic rings. The van der Waals surface area contributed by atoms with Gasteiger partial charge in [0.25, 0.3) is 0 Å². The van der Waals surface area contributed by atoms with Crippen LogP contribution in [-0.4, -0.2) is 12.1 Å². The van der Waals surface area contributed by atoms with E-state index in [9.17, 15) is 4.39 Å². The van der Waals surface area contributed by atoms with E-state index in [0.29, 0.717) is 16.3 Å². The molecule has 90 valence electrons. The summed E-state index contributed by atoms with van der Waals surface area (Å²) in [5.74, 6) is -0.186. The van der Waals surface area contributed by atoms with Gasteiger partial charge in [-0.25, -0.2) is 9.37 Å². The van der Waals surface area contributed by atoms with Gasteiger partial charge in [-0.05, 0) is 24.6 Å². The Labute approximate surface area is 103 Å². The van der Waals surface area contributed by atoms with Gasteiger partial charge in [-0.3, -0.25) is 0 Å². The molecule has 0 aliphatic carbocycles. The zero-order valence-electron chi connectivity index (χ0n) is 9.66. The second-order valence-electron chi connectivity index (χ2n) is 3.52. The standard InChI is InChI=1S/C12H13FN2OS/c1-3-10-15-11(12(14)17-10)7-4-5-9(16-2)8(13)6-7/h4-6H,3,14H2,1-2H3. The Morgan fingerprint density at radius 3 is 2.76 bits per heavy atom. The Bertz CT molecular complexity index is 539. The van der Waals surface area contributed by atoms with Crippen LogP contribution in [0.3, 0.4) is 0 Å². The number of aromatic nitrogens is 1. The maximum absolute atomic E-state index is 13.6. The Morgan fingerprint density at radius 1 is 1.47 bits per heavy atom. The number of hydrogen-bond acceptors (Lipinski definition) is 4. The van der Waals surface area contributed by atoms with Crippen molar-refractivity contribution >= 4 is 16.3 Å². The van der Waals surface area contributed by atoms with E-state index in [4.69, 9.17) is 10.5 Å². The Hall–Kier alpha value is -1.62. The van der Waals surface area contributed by atoms with Crippen molar-refractivity contribution in [2.45, 2.75) is 13.3 Å². The average molecular weight is 252 g/mol. The third-order valence-corrected chi connectivity index (χ3v) is 3.45. The topological polar surface area (TPSA) is 48.1 Å². The molecule has 5 heteroatoms. The number of nitrogen functional groups attached to an aromatic ring is 1. The first kappa shape index (κ1) is 11.9. The molecular formula is C12H13FN2OS. The van der Waals surface area contributed by atoms with Crippen molar-refractivity contribution in [3.63, 3.8) is 0 Å². The second kappa shape index (κ2) is 4.71. The summed E-state index contributed by atoms with van der Waals surface area (Å²) in [5.41, 5.74) is 7.20. The van der Waals surface area contributed by atoms with Crippen LogP contribution in [0, 0.1) is 5.82 Å². The van der Waals surface area contributed by atoms with E-state index >= 15 is 0 Å². The number of nitrogens with zero attached hydrogens (tertiary/aromatic N) is 1. The molecule has 0 bridgehead atoms. The van der Waals surface area contributed by atoms with Crippen LogP contribution < -0.4 is 10.5 Å². The molecule has 0 radical (unpaired) electrons. The van der Waals surface area contributed by atoms with Gasteiger partial charge < -0.3 is 10.5 Å².